The van der Waals surface area contributed by atoms with E-state index in [1.54, 1.807) is 0 Å². The van der Waals surface area contributed by atoms with E-state index >= 15 is 0 Å². The molecule has 0 spiro atoms. The van der Waals surface area contributed by atoms with Crippen LogP contribution >= 0.6 is 11.6 Å². The molecule has 1 saturated carbocycles. The number of nitrogens with one attached hydrogen (secondary N) is 1. The van der Waals surface area contributed by atoms with Crippen molar-refractivity contribution in [2.45, 2.75) is 51.7 Å². The summed E-state index contributed by atoms with van der Waals surface area (Å²) in [6.45, 7) is 5.08. The fourth-order valence-corrected chi connectivity index (χ4v) is 3.64. The summed E-state index contributed by atoms with van der Waals surface area (Å²) >= 11 is 5.96. The van der Waals surface area contributed by atoms with Crippen molar-refractivity contribution in [2.24, 2.45) is 5.41 Å². The molecule has 114 valence electrons. The zero-order chi connectivity index (χ0) is 15.0. The van der Waals surface area contributed by atoms with Crippen molar-refractivity contribution < 1.29 is 4.79 Å². The Morgan fingerprint density at radius 3 is 2.43 bits per heavy atom. The van der Waals surface area contributed by atoms with Gasteiger partial charge in [0.25, 0.3) is 0 Å². The molecule has 3 nitrogen and oxygen atoms in total. The maximum absolute atomic E-state index is 12.3. The number of halogens is 1. The van der Waals surface area contributed by atoms with E-state index in [4.69, 9.17) is 11.6 Å². The average molecular weight is 307 g/mol. The van der Waals surface area contributed by atoms with E-state index < -0.39 is 0 Å². The second-order valence-electron chi connectivity index (χ2n) is 7.03. The van der Waals surface area contributed by atoms with E-state index in [0.29, 0.717) is 18.0 Å². The first-order valence-corrected chi connectivity index (χ1v) is 8.14. The molecule has 2 fully saturated rings. The SMILES string of the molecule is CC1(C)CCC(N2C(=O)CNC2c2ccc(Cl)cc2)CC1. The smallest absolute Gasteiger partial charge is 0.238 e. The molecule has 1 heterocycles. The predicted molar refractivity (Wildman–Crippen MR) is 85.1 cm³/mol. The van der Waals surface area contributed by atoms with E-state index in [1.165, 1.54) is 12.8 Å². The van der Waals surface area contributed by atoms with Crippen LogP contribution in [0.2, 0.25) is 5.02 Å². The summed E-state index contributed by atoms with van der Waals surface area (Å²) in [6, 6.07) is 8.17. The van der Waals surface area contributed by atoms with Crippen molar-refractivity contribution in [2.75, 3.05) is 6.54 Å². The van der Waals surface area contributed by atoms with Gasteiger partial charge in [0, 0.05) is 11.1 Å². The Morgan fingerprint density at radius 2 is 1.81 bits per heavy atom. The summed E-state index contributed by atoms with van der Waals surface area (Å²) in [7, 11) is 0. The van der Waals surface area contributed by atoms with Crippen LogP contribution in [-0.2, 0) is 4.79 Å². The Labute approximate surface area is 131 Å². The third kappa shape index (κ3) is 3.09. The largest absolute Gasteiger partial charge is 0.319 e. The van der Waals surface area contributed by atoms with Crippen molar-refractivity contribution in [3.63, 3.8) is 0 Å². The van der Waals surface area contributed by atoms with Crippen LogP contribution in [-0.4, -0.2) is 23.4 Å². The molecule has 1 aliphatic heterocycles. The van der Waals surface area contributed by atoms with Gasteiger partial charge in [-0.05, 0) is 48.8 Å². The summed E-state index contributed by atoms with van der Waals surface area (Å²) in [6.07, 6.45) is 4.58. The molecule has 1 aliphatic carbocycles. The second-order valence-corrected chi connectivity index (χ2v) is 7.47. The molecule has 0 bridgehead atoms. The molecular weight excluding hydrogens is 284 g/mol. The second kappa shape index (κ2) is 5.62. The first kappa shape index (κ1) is 14.9. The lowest BCUT2D eigenvalue weighted by molar-refractivity contribution is -0.131. The maximum Gasteiger partial charge on any atom is 0.238 e. The molecule has 1 atom stereocenters. The monoisotopic (exact) mass is 306 g/mol. The van der Waals surface area contributed by atoms with E-state index in [0.717, 1.165) is 23.4 Å². The summed E-state index contributed by atoms with van der Waals surface area (Å²) in [5, 5.41) is 4.07. The third-order valence-corrected chi connectivity index (χ3v) is 5.15. The zero-order valence-electron chi connectivity index (χ0n) is 12.7. The lowest BCUT2D eigenvalue weighted by Gasteiger charge is -2.40. The number of hydrogen-bond donors (Lipinski definition) is 1. The Balaban J connectivity index is 1.78. The molecule has 1 amide bonds. The van der Waals surface area contributed by atoms with Crippen LogP contribution in [0.25, 0.3) is 0 Å². The Hall–Kier alpha value is -1.06. The molecule has 21 heavy (non-hydrogen) atoms. The topological polar surface area (TPSA) is 32.3 Å². The van der Waals surface area contributed by atoms with Crippen LogP contribution in [0.4, 0.5) is 0 Å². The molecule has 2 aliphatic rings. The van der Waals surface area contributed by atoms with Crippen LogP contribution in [0.3, 0.4) is 0 Å². The number of rotatable bonds is 2. The van der Waals surface area contributed by atoms with Crippen molar-refractivity contribution in [1.82, 2.24) is 10.2 Å². The zero-order valence-corrected chi connectivity index (χ0v) is 13.5. The van der Waals surface area contributed by atoms with E-state index in [2.05, 4.69) is 24.1 Å². The van der Waals surface area contributed by atoms with Crippen molar-refractivity contribution in [3.05, 3.63) is 34.9 Å². The number of benzene rings is 1. The summed E-state index contributed by atoms with van der Waals surface area (Å²) in [4.78, 5) is 14.4. The van der Waals surface area contributed by atoms with Crippen LogP contribution in [0.5, 0.6) is 0 Å². The standard InChI is InChI=1S/C17H23ClN2O/c1-17(2)9-7-14(8-10-17)20-15(21)11-19-16(20)12-3-5-13(18)6-4-12/h3-6,14,16,19H,7-11H2,1-2H3. The summed E-state index contributed by atoms with van der Waals surface area (Å²) in [5.41, 5.74) is 1.54. The van der Waals surface area contributed by atoms with Gasteiger partial charge in [-0.15, -0.1) is 0 Å². The number of hydrogen-bond acceptors (Lipinski definition) is 2. The fraction of sp³-hybridized carbons (Fsp3) is 0.588. The highest BCUT2D eigenvalue weighted by Gasteiger charge is 2.39. The molecule has 4 heteroatoms. The lowest BCUT2D eigenvalue weighted by Crippen LogP contribution is -2.42. The maximum atomic E-state index is 12.3. The highest BCUT2D eigenvalue weighted by molar-refractivity contribution is 6.30. The van der Waals surface area contributed by atoms with Crippen molar-refractivity contribution in [1.29, 1.82) is 0 Å². The molecule has 3 rings (SSSR count). The van der Waals surface area contributed by atoms with Crippen LogP contribution in [0.15, 0.2) is 24.3 Å². The Morgan fingerprint density at radius 1 is 1.19 bits per heavy atom. The van der Waals surface area contributed by atoms with Gasteiger partial charge in [-0.2, -0.15) is 0 Å². The van der Waals surface area contributed by atoms with Gasteiger partial charge in [0.1, 0.15) is 6.17 Å². The quantitative estimate of drug-likeness (QED) is 0.903. The number of carbonyl (C=O) groups excluding carboxylic acids is 1. The van der Waals surface area contributed by atoms with E-state index in [-0.39, 0.29) is 12.1 Å². The Kier molecular flexibility index (Phi) is 3.98. The van der Waals surface area contributed by atoms with Crippen molar-refractivity contribution >= 4 is 17.5 Å². The van der Waals surface area contributed by atoms with Gasteiger partial charge in [0.05, 0.1) is 6.54 Å². The van der Waals surface area contributed by atoms with Crippen LogP contribution in [0, 0.1) is 5.41 Å². The highest BCUT2D eigenvalue weighted by Crippen LogP contribution is 2.39. The first-order valence-electron chi connectivity index (χ1n) is 7.76. The first-order chi connectivity index (χ1) is 9.96. The van der Waals surface area contributed by atoms with Gasteiger partial charge in [-0.3, -0.25) is 10.1 Å². The van der Waals surface area contributed by atoms with Gasteiger partial charge in [-0.1, -0.05) is 37.6 Å². The molecule has 0 radical (unpaired) electrons. The minimum Gasteiger partial charge on any atom is -0.319 e. The molecule has 0 aromatic heterocycles. The summed E-state index contributed by atoms with van der Waals surface area (Å²) in [5.74, 6) is 0.222. The Bertz CT molecular complexity index is 516. The summed E-state index contributed by atoms with van der Waals surface area (Å²) < 4.78 is 0. The van der Waals surface area contributed by atoms with Gasteiger partial charge < -0.3 is 4.90 Å². The number of carbonyl (C=O) groups is 1. The molecule has 1 saturated heterocycles. The van der Waals surface area contributed by atoms with E-state index in [9.17, 15) is 4.79 Å². The van der Waals surface area contributed by atoms with Crippen LogP contribution in [0.1, 0.15) is 51.3 Å². The predicted octanol–water partition coefficient (Wildman–Crippen LogP) is 3.74. The molecular formula is C17H23ClN2O. The van der Waals surface area contributed by atoms with Crippen molar-refractivity contribution in [3.8, 4) is 0 Å². The normalized spacial score (nSPS) is 26.3. The van der Waals surface area contributed by atoms with Gasteiger partial charge >= 0.3 is 0 Å². The number of amides is 1. The van der Waals surface area contributed by atoms with Crippen LogP contribution < -0.4 is 5.32 Å². The fourth-order valence-electron chi connectivity index (χ4n) is 3.52. The molecule has 1 aromatic rings. The third-order valence-electron chi connectivity index (χ3n) is 4.90. The average Bonchev–Trinajstić information content (AvgIpc) is 2.82. The highest BCUT2D eigenvalue weighted by atomic mass is 35.5. The van der Waals surface area contributed by atoms with E-state index in [1.807, 2.05) is 24.3 Å². The minimum atomic E-state index is 0.000906. The van der Waals surface area contributed by atoms with Gasteiger partial charge in [-0.25, -0.2) is 0 Å². The molecule has 1 N–H and O–H groups in total. The molecule has 1 unspecified atom stereocenters. The van der Waals surface area contributed by atoms with Gasteiger partial charge in [0.2, 0.25) is 5.91 Å². The molecule has 1 aromatic carbocycles. The van der Waals surface area contributed by atoms with Gasteiger partial charge in [0.15, 0.2) is 0 Å². The number of nitrogens with zero attached hydrogens (tertiary/aromatic N) is 1. The lowest BCUT2D eigenvalue weighted by atomic mass is 9.75. The minimum absolute atomic E-state index is 0.000906.